The molecule has 0 aliphatic carbocycles. The van der Waals surface area contributed by atoms with E-state index in [1.54, 1.807) is 0 Å². The Morgan fingerprint density at radius 3 is 2.65 bits per heavy atom. The average Bonchev–Trinajstić information content (AvgIpc) is 2.93. The van der Waals surface area contributed by atoms with Crippen molar-refractivity contribution in [2.24, 2.45) is 0 Å². The van der Waals surface area contributed by atoms with Crippen molar-refractivity contribution >= 4 is 0 Å². The van der Waals surface area contributed by atoms with Gasteiger partial charge in [0.2, 0.25) is 5.82 Å². The first-order valence-corrected chi connectivity index (χ1v) is 6.31. The Balaban J connectivity index is 1.91. The molecule has 0 amide bonds. The minimum Gasteiger partial charge on any atom is -0.380 e. The van der Waals surface area contributed by atoms with E-state index in [2.05, 4.69) is 15.5 Å². The molecule has 1 saturated heterocycles. The molecule has 0 bridgehead atoms. The second kappa shape index (κ2) is 4.92. The van der Waals surface area contributed by atoms with E-state index in [0.29, 0.717) is 31.5 Å². The SMILES string of the molecule is OC1(c2nc(-c3ccc(F)c(F)c3)no2)CCNCC1. The maximum Gasteiger partial charge on any atom is 0.259 e. The summed E-state index contributed by atoms with van der Waals surface area (Å²) >= 11 is 0. The van der Waals surface area contributed by atoms with Crippen LogP contribution in [0.15, 0.2) is 22.7 Å². The number of rotatable bonds is 2. The number of benzene rings is 1. The van der Waals surface area contributed by atoms with E-state index >= 15 is 0 Å². The zero-order chi connectivity index (χ0) is 14.2. The Morgan fingerprint density at radius 1 is 1.20 bits per heavy atom. The van der Waals surface area contributed by atoms with Gasteiger partial charge in [-0.15, -0.1) is 0 Å². The molecule has 0 radical (unpaired) electrons. The molecule has 2 aromatic rings. The molecular weight excluding hydrogens is 268 g/mol. The van der Waals surface area contributed by atoms with Gasteiger partial charge in [-0.1, -0.05) is 5.16 Å². The number of piperidine rings is 1. The van der Waals surface area contributed by atoms with Crippen LogP contribution >= 0.6 is 0 Å². The summed E-state index contributed by atoms with van der Waals surface area (Å²) in [5, 5.41) is 17.3. The van der Waals surface area contributed by atoms with Gasteiger partial charge in [-0.25, -0.2) is 8.78 Å². The van der Waals surface area contributed by atoms with Crippen LogP contribution in [0.4, 0.5) is 8.78 Å². The van der Waals surface area contributed by atoms with Crippen LogP contribution in [0.1, 0.15) is 18.7 Å². The Hall–Kier alpha value is -1.86. The lowest BCUT2D eigenvalue weighted by molar-refractivity contribution is -0.0228. The lowest BCUT2D eigenvalue weighted by Crippen LogP contribution is -2.39. The van der Waals surface area contributed by atoms with Gasteiger partial charge in [0.25, 0.3) is 5.89 Å². The van der Waals surface area contributed by atoms with Gasteiger partial charge in [0, 0.05) is 5.56 Å². The van der Waals surface area contributed by atoms with E-state index in [-0.39, 0.29) is 11.7 Å². The standard InChI is InChI=1S/C13H13F2N3O2/c14-9-2-1-8(7-10(9)15)11-17-12(20-18-11)13(19)3-5-16-6-4-13/h1-2,7,16,19H,3-6H2. The van der Waals surface area contributed by atoms with E-state index in [9.17, 15) is 13.9 Å². The summed E-state index contributed by atoms with van der Waals surface area (Å²) in [7, 11) is 0. The predicted octanol–water partition coefficient (Wildman–Crippen LogP) is 1.59. The summed E-state index contributed by atoms with van der Waals surface area (Å²) in [6, 6.07) is 3.36. The summed E-state index contributed by atoms with van der Waals surface area (Å²) in [5.74, 6) is -1.67. The van der Waals surface area contributed by atoms with Crippen molar-refractivity contribution in [3.05, 3.63) is 35.7 Å². The summed E-state index contributed by atoms with van der Waals surface area (Å²) in [5.41, 5.74) is -0.855. The summed E-state index contributed by atoms with van der Waals surface area (Å²) in [4.78, 5) is 4.10. The number of halogens is 2. The third-order valence-electron chi connectivity index (χ3n) is 3.43. The molecule has 1 aromatic heterocycles. The van der Waals surface area contributed by atoms with Crippen molar-refractivity contribution in [3.8, 4) is 11.4 Å². The molecule has 0 spiro atoms. The van der Waals surface area contributed by atoms with Crippen LogP contribution in [0.2, 0.25) is 0 Å². The van der Waals surface area contributed by atoms with Crippen molar-refractivity contribution in [1.29, 1.82) is 0 Å². The zero-order valence-electron chi connectivity index (χ0n) is 10.6. The molecule has 2 N–H and O–H groups in total. The Morgan fingerprint density at radius 2 is 1.95 bits per heavy atom. The van der Waals surface area contributed by atoms with E-state index in [1.165, 1.54) is 6.07 Å². The first-order chi connectivity index (χ1) is 9.58. The molecule has 20 heavy (non-hydrogen) atoms. The van der Waals surface area contributed by atoms with Gasteiger partial charge in [-0.3, -0.25) is 0 Å². The zero-order valence-corrected chi connectivity index (χ0v) is 10.6. The molecule has 1 aliphatic heterocycles. The predicted molar refractivity (Wildman–Crippen MR) is 65.7 cm³/mol. The lowest BCUT2D eigenvalue weighted by Gasteiger charge is -2.28. The third-order valence-corrected chi connectivity index (χ3v) is 3.43. The van der Waals surface area contributed by atoms with Crippen molar-refractivity contribution < 1.29 is 18.4 Å². The van der Waals surface area contributed by atoms with Crippen LogP contribution in [-0.4, -0.2) is 28.3 Å². The van der Waals surface area contributed by atoms with Crippen molar-refractivity contribution in [2.45, 2.75) is 18.4 Å². The second-order valence-corrected chi connectivity index (χ2v) is 4.83. The topological polar surface area (TPSA) is 71.2 Å². The highest BCUT2D eigenvalue weighted by Gasteiger charge is 2.37. The number of aromatic nitrogens is 2. The summed E-state index contributed by atoms with van der Waals surface area (Å²) < 4.78 is 31.1. The van der Waals surface area contributed by atoms with Gasteiger partial charge in [0.05, 0.1) is 0 Å². The number of nitrogens with zero attached hydrogens (tertiary/aromatic N) is 2. The molecule has 0 saturated carbocycles. The van der Waals surface area contributed by atoms with Gasteiger partial charge in [0.1, 0.15) is 5.60 Å². The van der Waals surface area contributed by atoms with Gasteiger partial charge in [-0.05, 0) is 44.1 Å². The maximum atomic E-state index is 13.2. The lowest BCUT2D eigenvalue weighted by atomic mass is 9.92. The fourth-order valence-electron chi connectivity index (χ4n) is 2.22. The summed E-state index contributed by atoms with van der Waals surface area (Å²) in [6.45, 7) is 1.30. The molecule has 0 atom stereocenters. The van der Waals surface area contributed by atoms with Gasteiger partial charge in [-0.2, -0.15) is 4.98 Å². The van der Waals surface area contributed by atoms with Crippen molar-refractivity contribution in [1.82, 2.24) is 15.5 Å². The van der Waals surface area contributed by atoms with Crippen molar-refractivity contribution in [2.75, 3.05) is 13.1 Å². The molecule has 0 unspecified atom stereocenters. The molecule has 7 heteroatoms. The minimum atomic E-state index is -1.16. The van der Waals surface area contributed by atoms with Crippen LogP contribution in [0.3, 0.4) is 0 Å². The third kappa shape index (κ3) is 2.30. The molecule has 1 aromatic carbocycles. The van der Waals surface area contributed by atoms with E-state index < -0.39 is 17.2 Å². The molecular formula is C13H13F2N3O2. The number of nitrogens with one attached hydrogen (secondary N) is 1. The van der Waals surface area contributed by atoms with E-state index in [4.69, 9.17) is 4.52 Å². The number of hydrogen-bond donors (Lipinski definition) is 2. The van der Waals surface area contributed by atoms with E-state index in [0.717, 1.165) is 12.1 Å². The first kappa shape index (κ1) is 13.1. The van der Waals surface area contributed by atoms with Crippen molar-refractivity contribution in [3.63, 3.8) is 0 Å². The number of hydrogen-bond acceptors (Lipinski definition) is 5. The maximum absolute atomic E-state index is 13.2. The minimum absolute atomic E-state index is 0.110. The molecule has 5 nitrogen and oxygen atoms in total. The molecule has 2 heterocycles. The second-order valence-electron chi connectivity index (χ2n) is 4.83. The highest BCUT2D eigenvalue weighted by Crippen LogP contribution is 2.30. The largest absolute Gasteiger partial charge is 0.380 e. The smallest absolute Gasteiger partial charge is 0.259 e. The highest BCUT2D eigenvalue weighted by atomic mass is 19.2. The van der Waals surface area contributed by atoms with Gasteiger partial charge < -0.3 is 14.9 Å². The molecule has 1 fully saturated rings. The van der Waals surface area contributed by atoms with E-state index in [1.807, 2.05) is 0 Å². The highest BCUT2D eigenvalue weighted by molar-refractivity contribution is 5.54. The van der Waals surface area contributed by atoms with Crippen LogP contribution in [-0.2, 0) is 5.60 Å². The Bertz CT molecular complexity index is 624. The fourth-order valence-corrected chi connectivity index (χ4v) is 2.22. The average molecular weight is 281 g/mol. The normalized spacial score (nSPS) is 18.1. The Kier molecular flexibility index (Phi) is 3.23. The first-order valence-electron chi connectivity index (χ1n) is 6.31. The van der Waals surface area contributed by atoms with Gasteiger partial charge in [0.15, 0.2) is 11.6 Å². The molecule has 1 aliphatic rings. The van der Waals surface area contributed by atoms with Crippen LogP contribution in [0.5, 0.6) is 0 Å². The molecule has 3 rings (SSSR count). The summed E-state index contributed by atoms with van der Waals surface area (Å²) in [6.07, 6.45) is 0.929. The molecule has 106 valence electrons. The number of aliphatic hydroxyl groups is 1. The fraction of sp³-hybridized carbons (Fsp3) is 0.385. The van der Waals surface area contributed by atoms with Crippen LogP contribution < -0.4 is 5.32 Å². The quantitative estimate of drug-likeness (QED) is 0.874. The van der Waals surface area contributed by atoms with Crippen LogP contribution in [0.25, 0.3) is 11.4 Å². The Labute approximate surface area is 113 Å². The van der Waals surface area contributed by atoms with Gasteiger partial charge >= 0.3 is 0 Å². The monoisotopic (exact) mass is 281 g/mol. The van der Waals surface area contributed by atoms with Crippen LogP contribution in [0, 0.1) is 11.6 Å².